The van der Waals surface area contributed by atoms with Crippen LogP contribution in [0.1, 0.15) is 24.4 Å². The van der Waals surface area contributed by atoms with E-state index in [1.807, 2.05) is 0 Å². The van der Waals surface area contributed by atoms with Crippen LogP contribution in [0.25, 0.3) is 0 Å². The van der Waals surface area contributed by atoms with Crippen molar-refractivity contribution in [1.29, 1.82) is 0 Å². The van der Waals surface area contributed by atoms with Gasteiger partial charge in [0.1, 0.15) is 0 Å². The molecule has 0 spiro atoms. The van der Waals surface area contributed by atoms with Crippen LogP contribution in [-0.4, -0.2) is 6.61 Å². The normalized spacial score (nSPS) is 17.0. The molecule has 0 fully saturated rings. The van der Waals surface area contributed by atoms with Gasteiger partial charge < -0.3 is 4.74 Å². The Balaban J connectivity index is 2.39. The van der Waals surface area contributed by atoms with Crippen LogP contribution in [0, 0.1) is 17.5 Å². The van der Waals surface area contributed by atoms with Crippen molar-refractivity contribution >= 4 is 0 Å². The summed E-state index contributed by atoms with van der Waals surface area (Å²) in [7, 11) is 0. The highest BCUT2D eigenvalue weighted by atomic mass is 19.2. The molecular weight excluding hydrogens is 245 g/mol. The first-order valence-electron chi connectivity index (χ1n) is 5.55. The smallest absolute Gasteiger partial charge is 0.194 e. The fourth-order valence-corrected chi connectivity index (χ4v) is 1.96. The Hall–Kier alpha value is -1.53. The first-order valence-corrected chi connectivity index (χ1v) is 5.55. The van der Waals surface area contributed by atoms with Crippen LogP contribution >= 0.6 is 0 Å². The van der Waals surface area contributed by atoms with Crippen LogP contribution < -0.4 is 11.3 Å². The number of hydrazine groups is 1. The highest BCUT2D eigenvalue weighted by Gasteiger charge is 2.24. The third-order valence-electron chi connectivity index (χ3n) is 2.88. The number of halogens is 3. The molecule has 1 unspecified atom stereocenters. The third kappa shape index (κ3) is 2.34. The van der Waals surface area contributed by atoms with E-state index in [-0.39, 0.29) is 5.56 Å². The first-order chi connectivity index (χ1) is 8.65. The van der Waals surface area contributed by atoms with Crippen molar-refractivity contribution in [2.75, 3.05) is 6.61 Å². The van der Waals surface area contributed by atoms with E-state index < -0.39 is 23.5 Å². The maximum Gasteiger partial charge on any atom is 0.194 e. The van der Waals surface area contributed by atoms with Gasteiger partial charge in [-0.05, 0) is 24.5 Å². The molecule has 98 valence electrons. The van der Waals surface area contributed by atoms with Crippen LogP contribution in [-0.2, 0) is 4.74 Å². The number of ether oxygens (including phenoxy) is 1. The fraction of sp³-hybridized carbons (Fsp3) is 0.333. The maximum absolute atomic E-state index is 13.7. The number of hydrogen-bond acceptors (Lipinski definition) is 3. The molecule has 6 heteroatoms. The zero-order valence-electron chi connectivity index (χ0n) is 9.55. The third-order valence-corrected chi connectivity index (χ3v) is 2.88. The lowest BCUT2D eigenvalue weighted by Crippen LogP contribution is -2.31. The molecule has 1 aromatic rings. The molecule has 1 aliphatic heterocycles. The number of hydrogen-bond donors (Lipinski definition) is 2. The Labute approximate surface area is 102 Å². The summed E-state index contributed by atoms with van der Waals surface area (Å²) >= 11 is 0. The molecule has 0 aliphatic carbocycles. The van der Waals surface area contributed by atoms with Gasteiger partial charge in [-0.25, -0.2) is 18.6 Å². The van der Waals surface area contributed by atoms with Crippen LogP contribution in [0.2, 0.25) is 0 Å². The summed E-state index contributed by atoms with van der Waals surface area (Å²) in [5, 5.41) is 0. The van der Waals surface area contributed by atoms with Crippen LogP contribution in [0.15, 0.2) is 24.0 Å². The van der Waals surface area contributed by atoms with E-state index in [1.54, 1.807) is 0 Å². The lowest BCUT2D eigenvalue weighted by atomic mass is 9.95. The molecular formula is C12H13F3N2O. The molecule has 0 radical (unpaired) electrons. The highest BCUT2D eigenvalue weighted by Crippen LogP contribution is 2.30. The van der Waals surface area contributed by atoms with Crippen molar-refractivity contribution in [3.8, 4) is 0 Å². The second-order valence-electron chi connectivity index (χ2n) is 4.03. The van der Waals surface area contributed by atoms with Crippen molar-refractivity contribution in [3.63, 3.8) is 0 Å². The molecule has 0 aromatic heterocycles. The van der Waals surface area contributed by atoms with Gasteiger partial charge in [0.15, 0.2) is 17.5 Å². The minimum absolute atomic E-state index is 0.0341. The standard InChI is InChI=1S/C12H13F3N2O/c13-9-4-3-8(10(14)11(9)15)12(17-16)7-2-1-5-18-6-7/h3-4,6,12,17H,1-2,5,16H2. The summed E-state index contributed by atoms with van der Waals surface area (Å²) in [5.74, 6) is 1.41. The molecule has 0 bridgehead atoms. The van der Waals surface area contributed by atoms with Crippen LogP contribution in [0.4, 0.5) is 13.2 Å². The minimum Gasteiger partial charge on any atom is -0.501 e. The van der Waals surface area contributed by atoms with Gasteiger partial charge in [-0.15, -0.1) is 0 Å². The second-order valence-corrected chi connectivity index (χ2v) is 4.03. The molecule has 2 rings (SSSR count). The molecule has 3 nitrogen and oxygen atoms in total. The Bertz CT molecular complexity index is 477. The lowest BCUT2D eigenvalue weighted by Gasteiger charge is -2.23. The number of rotatable bonds is 3. The van der Waals surface area contributed by atoms with Gasteiger partial charge in [0.05, 0.1) is 18.9 Å². The largest absolute Gasteiger partial charge is 0.501 e. The quantitative estimate of drug-likeness (QED) is 0.497. The first kappa shape index (κ1) is 12.9. The summed E-state index contributed by atoms with van der Waals surface area (Å²) in [6.45, 7) is 0.584. The van der Waals surface area contributed by atoms with E-state index in [0.717, 1.165) is 12.5 Å². The zero-order valence-corrected chi connectivity index (χ0v) is 9.55. The van der Waals surface area contributed by atoms with Crippen molar-refractivity contribution in [3.05, 3.63) is 47.0 Å². The molecule has 3 N–H and O–H groups in total. The van der Waals surface area contributed by atoms with E-state index >= 15 is 0 Å². The van der Waals surface area contributed by atoms with Gasteiger partial charge in [-0.2, -0.15) is 0 Å². The van der Waals surface area contributed by atoms with E-state index in [4.69, 9.17) is 10.6 Å². The monoisotopic (exact) mass is 258 g/mol. The van der Waals surface area contributed by atoms with E-state index in [2.05, 4.69) is 5.43 Å². The minimum atomic E-state index is -1.50. The Morgan fingerprint density at radius 2 is 2.00 bits per heavy atom. The van der Waals surface area contributed by atoms with Crippen molar-refractivity contribution < 1.29 is 17.9 Å². The number of nitrogens with two attached hydrogens (primary N) is 1. The summed E-state index contributed by atoms with van der Waals surface area (Å²) in [6.07, 6.45) is 2.91. The SMILES string of the molecule is NNC(C1=COCCC1)c1ccc(F)c(F)c1F. The van der Waals surface area contributed by atoms with Gasteiger partial charge in [-0.3, -0.25) is 5.84 Å². The van der Waals surface area contributed by atoms with Gasteiger partial charge in [0.2, 0.25) is 0 Å². The van der Waals surface area contributed by atoms with E-state index in [0.29, 0.717) is 18.6 Å². The Morgan fingerprint density at radius 3 is 2.61 bits per heavy atom. The highest BCUT2D eigenvalue weighted by molar-refractivity contribution is 5.30. The molecule has 1 aliphatic rings. The fourth-order valence-electron chi connectivity index (χ4n) is 1.96. The van der Waals surface area contributed by atoms with Gasteiger partial charge >= 0.3 is 0 Å². The molecule has 1 atom stereocenters. The molecule has 0 amide bonds. The lowest BCUT2D eigenvalue weighted by molar-refractivity contribution is 0.219. The van der Waals surface area contributed by atoms with Gasteiger partial charge in [-0.1, -0.05) is 6.07 Å². The maximum atomic E-state index is 13.7. The van der Waals surface area contributed by atoms with Crippen molar-refractivity contribution in [2.24, 2.45) is 5.84 Å². The Morgan fingerprint density at radius 1 is 1.22 bits per heavy atom. The zero-order chi connectivity index (χ0) is 13.1. The molecule has 18 heavy (non-hydrogen) atoms. The van der Waals surface area contributed by atoms with E-state index in [9.17, 15) is 13.2 Å². The predicted molar refractivity (Wildman–Crippen MR) is 59.6 cm³/mol. The topological polar surface area (TPSA) is 47.3 Å². The molecule has 0 saturated carbocycles. The number of benzene rings is 1. The second kappa shape index (κ2) is 5.41. The summed E-state index contributed by atoms with van der Waals surface area (Å²) in [4.78, 5) is 0. The summed E-state index contributed by atoms with van der Waals surface area (Å²) < 4.78 is 44.9. The predicted octanol–water partition coefficient (Wildman–Crippen LogP) is 2.30. The van der Waals surface area contributed by atoms with Gasteiger partial charge in [0.25, 0.3) is 0 Å². The summed E-state index contributed by atoms with van der Waals surface area (Å²) in [5.41, 5.74) is 3.07. The molecule has 1 heterocycles. The molecule has 1 aromatic carbocycles. The van der Waals surface area contributed by atoms with E-state index in [1.165, 1.54) is 12.3 Å². The average molecular weight is 258 g/mol. The Kier molecular flexibility index (Phi) is 3.88. The van der Waals surface area contributed by atoms with Crippen molar-refractivity contribution in [1.82, 2.24) is 5.43 Å². The van der Waals surface area contributed by atoms with Crippen molar-refractivity contribution in [2.45, 2.75) is 18.9 Å². The van der Waals surface area contributed by atoms with Crippen LogP contribution in [0.5, 0.6) is 0 Å². The average Bonchev–Trinajstić information content (AvgIpc) is 2.41. The molecule has 0 saturated heterocycles. The summed E-state index contributed by atoms with van der Waals surface area (Å²) in [6, 6.07) is 1.33. The van der Waals surface area contributed by atoms with Crippen LogP contribution in [0.3, 0.4) is 0 Å². The number of nitrogens with one attached hydrogen (secondary N) is 1. The van der Waals surface area contributed by atoms with Gasteiger partial charge in [0, 0.05) is 5.56 Å².